The molecule has 0 aliphatic carbocycles. The van der Waals surface area contributed by atoms with Crippen LogP contribution in [-0.2, 0) is 4.79 Å². The zero-order valence-electron chi connectivity index (χ0n) is 9.97. The van der Waals surface area contributed by atoms with Gasteiger partial charge in [-0.25, -0.2) is 10.8 Å². The summed E-state index contributed by atoms with van der Waals surface area (Å²) in [6.07, 6.45) is 3.63. The van der Waals surface area contributed by atoms with Crippen LogP contribution in [0.3, 0.4) is 0 Å². The molecule has 0 saturated carbocycles. The van der Waals surface area contributed by atoms with Crippen molar-refractivity contribution in [1.29, 1.82) is 0 Å². The topological polar surface area (TPSA) is 96.2 Å². The lowest BCUT2D eigenvalue weighted by Gasteiger charge is -2.36. The van der Waals surface area contributed by atoms with Crippen molar-refractivity contribution in [1.82, 2.24) is 15.3 Å². The van der Waals surface area contributed by atoms with E-state index in [-0.39, 0.29) is 17.9 Å². The number of nitrogens with one attached hydrogen (secondary N) is 2. The average molecular weight is 248 g/mol. The first-order chi connectivity index (χ1) is 8.79. The zero-order chi connectivity index (χ0) is 12.5. The van der Waals surface area contributed by atoms with Crippen LogP contribution in [0.1, 0.15) is 12.8 Å². The normalized spacial score (nSPS) is 26.7. The van der Waals surface area contributed by atoms with E-state index >= 15 is 0 Å². The van der Waals surface area contributed by atoms with Gasteiger partial charge in [-0.05, 0) is 18.9 Å². The van der Waals surface area contributed by atoms with Crippen molar-refractivity contribution in [3.63, 3.8) is 0 Å². The van der Waals surface area contributed by atoms with Crippen molar-refractivity contribution in [3.05, 3.63) is 12.3 Å². The summed E-state index contributed by atoms with van der Waals surface area (Å²) >= 11 is 0. The summed E-state index contributed by atoms with van der Waals surface area (Å²) in [5, 5.41) is 2.93. The summed E-state index contributed by atoms with van der Waals surface area (Å²) in [4.78, 5) is 22.2. The van der Waals surface area contributed by atoms with E-state index in [0.717, 1.165) is 25.2 Å². The van der Waals surface area contributed by atoms with Crippen LogP contribution in [0.15, 0.2) is 12.3 Å². The maximum absolute atomic E-state index is 11.7. The molecule has 2 unspecified atom stereocenters. The highest BCUT2D eigenvalue weighted by Gasteiger charge is 2.41. The molecule has 0 aromatic carbocycles. The summed E-state index contributed by atoms with van der Waals surface area (Å²) in [7, 11) is 0. The number of hydrazine groups is 1. The molecule has 18 heavy (non-hydrogen) atoms. The Kier molecular flexibility index (Phi) is 2.75. The third-order valence-electron chi connectivity index (χ3n) is 3.67. The Morgan fingerprint density at radius 1 is 1.56 bits per heavy atom. The molecule has 0 bridgehead atoms. The number of carbonyl (C=O) groups excluding carboxylic acids is 1. The predicted molar refractivity (Wildman–Crippen MR) is 66.7 cm³/mol. The Morgan fingerprint density at radius 2 is 2.44 bits per heavy atom. The average Bonchev–Trinajstić information content (AvgIpc) is 2.81. The van der Waals surface area contributed by atoms with Crippen molar-refractivity contribution < 1.29 is 4.79 Å². The molecule has 7 heteroatoms. The van der Waals surface area contributed by atoms with Gasteiger partial charge in [0.15, 0.2) is 0 Å². The largest absolute Gasteiger partial charge is 0.354 e. The number of anilines is 2. The van der Waals surface area contributed by atoms with Crippen molar-refractivity contribution >= 4 is 17.7 Å². The first-order valence-corrected chi connectivity index (χ1v) is 6.13. The number of nitrogens with two attached hydrogens (primary N) is 1. The number of hydrogen-bond acceptors (Lipinski definition) is 6. The number of hydrogen-bond donors (Lipinski definition) is 3. The molecule has 0 spiro atoms. The molecule has 1 aromatic rings. The van der Waals surface area contributed by atoms with Gasteiger partial charge in [-0.1, -0.05) is 0 Å². The quantitative estimate of drug-likeness (QED) is 0.481. The van der Waals surface area contributed by atoms with Crippen LogP contribution in [0, 0.1) is 5.92 Å². The number of nitrogen functional groups attached to an aromatic ring is 1. The van der Waals surface area contributed by atoms with E-state index in [1.54, 1.807) is 6.20 Å². The van der Waals surface area contributed by atoms with Gasteiger partial charge in [0.1, 0.15) is 5.82 Å². The molecular weight excluding hydrogens is 232 g/mol. The molecule has 2 atom stereocenters. The van der Waals surface area contributed by atoms with E-state index in [9.17, 15) is 4.79 Å². The van der Waals surface area contributed by atoms with Crippen LogP contribution in [0.4, 0.5) is 11.8 Å². The monoisotopic (exact) mass is 248 g/mol. The lowest BCUT2D eigenvalue weighted by molar-refractivity contribution is -0.122. The molecule has 1 aromatic heterocycles. The molecule has 4 N–H and O–H groups in total. The fourth-order valence-corrected chi connectivity index (χ4v) is 2.81. The molecule has 96 valence electrons. The van der Waals surface area contributed by atoms with Gasteiger partial charge in [0.2, 0.25) is 11.9 Å². The fourth-order valence-electron chi connectivity index (χ4n) is 2.81. The standard InChI is InChI=1S/C11H16N6O/c12-16-11-13-4-3-9(15-11)17-5-1-2-7-8(17)6-14-10(7)18/h3-4,7-8H,1-2,5-6,12H2,(H,14,18)(H,13,15,16). The number of amides is 1. The van der Waals surface area contributed by atoms with Crippen LogP contribution in [-0.4, -0.2) is 35.0 Å². The van der Waals surface area contributed by atoms with E-state index in [1.165, 1.54) is 0 Å². The molecule has 2 aliphatic heterocycles. The van der Waals surface area contributed by atoms with Gasteiger partial charge in [-0.15, -0.1) is 0 Å². The zero-order valence-corrected chi connectivity index (χ0v) is 9.97. The highest BCUT2D eigenvalue weighted by atomic mass is 16.2. The van der Waals surface area contributed by atoms with Gasteiger partial charge >= 0.3 is 0 Å². The molecule has 2 aliphatic rings. The van der Waals surface area contributed by atoms with Gasteiger partial charge in [-0.3, -0.25) is 10.2 Å². The first-order valence-electron chi connectivity index (χ1n) is 6.13. The highest BCUT2D eigenvalue weighted by Crippen LogP contribution is 2.30. The van der Waals surface area contributed by atoms with Crippen LogP contribution in [0.25, 0.3) is 0 Å². The minimum Gasteiger partial charge on any atom is -0.354 e. The minimum absolute atomic E-state index is 0.0861. The van der Waals surface area contributed by atoms with E-state index in [2.05, 4.69) is 25.6 Å². The Bertz CT molecular complexity index is 465. The Morgan fingerprint density at radius 3 is 3.28 bits per heavy atom. The summed E-state index contributed by atoms with van der Waals surface area (Å²) in [6.45, 7) is 1.61. The molecular formula is C11H16N6O. The summed E-state index contributed by atoms with van der Waals surface area (Å²) in [6, 6.07) is 2.05. The van der Waals surface area contributed by atoms with E-state index in [4.69, 9.17) is 5.84 Å². The van der Waals surface area contributed by atoms with Crippen molar-refractivity contribution in [3.8, 4) is 0 Å². The first kappa shape index (κ1) is 11.2. The molecule has 0 radical (unpaired) electrons. The van der Waals surface area contributed by atoms with Crippen molar-refractivity contribution in [2.45, 2.75) is 18.9 Å². The smallest absolute Gasteiger partial charge is 0.239 e. The number of rotatable bonds is 2. The van der Waals surface area contributed by atoms with Gasteiger partial charge in [0.05, 0.1) is 12.0 Å². The molecule has 7 nitrogen and oxygen atoms in total. The number of piperidine rings is 1. The number of carbonyl (C=O) groups is 1. The Hall–Kier alpha value is -1.89. The number of fused-ring (bicyclic) bond motifs is 1. The van der Waals surface area contributed by atoms with Crippen molar-refractivity contribution in [2.75, 3.05) is 23.4 Å². The SMILES string of the molecule is NNc1nccc(N2CCCC3C(=O)NCC32)n1. The maximum Gasteiger partial charge on any atom is 0.239 e. The van der Waals surface area contributed by atoms with Gasteiger partial charge in [0, 0.05) is 19.3 Å². The Balaban J connectivity index is 1.88. The lowest BCUT2D eigenvalue weighted by Crippen LogP contribution is -2.46. The van der Waals surface area contributed by atoms with E-state index < -0.39 is 0 Å². The van der Waals surface area contributed by atoms with Crippen molar-refractivity contribution in [2.24, 2.45) is 11.8 Å². The van der Waals surface area contributed by atoms with Crippen LogP contribution in [0.5, 0.6) is 0 Å². The predicted octanol–water partition coefficient (Wildman–Crippen LogP) is -0.523. The molecule has 2 saturated heterocycles. The molecule has 1 amide bonds. The number of nitrogens with zero attached hydrogens (tertiary/aromatic N) is 3. The second kappa shape index (κ2) is 4.41. The van der Waals surface area contributed by atoms with Crippen LogP contribution >= 0.6 is 0 Å². The maximum atomic E-state index is 11.7. The highest BCUT2D eigenvalue weighted by molar-refractivity contribution is 5.83. The van der Waals surface area contributed by atoms with Crippen LogP contribution in [0.2, 0.25) is 0 Å². The summed E-state index contributed by atoms with van der Waals surface area (Å²) in [5.41, 5.74) is 2.44. The molecule has 3 heterocycles. The third-order valence-corrected chi connectivity index (χ3v) is 3.67. The number of aromatic nitrogens is 2. The molecule has 2 fully saturated rings. The third kappa shape index (κ3) is 1.76. The Labute approximate surface area is 105 Å². The lowest BCUT2D eigenvalue weighted by atomic mass is 9.91. The van der Waals surface area contributed by atoms with E-state index in [1.807, 2.05) is 6.07 Å². The summed E-state index contributed by atoms with van der Waals surface area (Å²) < 4.78 is 0. The second-order valence-electron chi connectivity index (χ2n) is 4.64. The van der Waals surface area contributed by atoms with E-state index in [0.29, 0.717) is 12.5 Å². The second-order valence-corrected chi connectivity index (χ2v) is 4.64. The van der Waals surface area contributed by atoms with Crippen LogP contribution < -0.4 is 21.5 Å². The van der Waals surface area contributed by atoms with Gasteiger partial charge < -0.3 is 10.2 Å². The van der Waals surface area contributed by atoms with Gasteiger partial charge in [0.25, 0.3) is 0 Å². The summed E-state index contributed by atoms with van der Waals surface area (Å²) in [5.74, 6) is 6.78. The molecule has 3 rings (SSSR count). The fraction of sp³-hybridized carbons (Fsp3) is 0.545. The van der Waals surface area contributed by atoms with Gasteiger partial charge in [-0.2, -0.15) is 4.98 Å². The minimum atomic E-state index is 0.0861.